The van der Waals surface area contributed by atoms with E-state index in [1.165, 1.54) is 0 Å². The number of hydrogen-bond acceptors (Lipinski definition) is 3. The molecule has 0 amide bonds. The van der Waals surface area contributed by atoms with Crippen molar-refractivity contribution in [3.63, 3.8) is 0 Å². The van der Waals surface area contributed by atoms with E-state index >= 15 is 0 Å². The Morgan fingerprint density at radius 3 is 2.73 bits per heavy atom. The number of ether oxygens (including phenoxy) is 2. The molecule has 1 fully saturated rings. The van der Waals surface area contributed by atoms with Crippen LogP contribution in [0.2, 0.25) is 0 Å². The quantitative estimate of drug-likeness (QED) is 0.696. The van der Waals surface area contributed by atoms with Crippen LogP contribution in [0.15, 0.2) is 24.3 Å². The number of esters is 1. The molecule has 0 aliphatic carbocycles. The standard InChI is InChI=1S/C12H14O3/c1-12(8-7-11(13)15-12)9-5-3-4-6-10(9)14-2/h3-6H,7-8H2,1-2H3. The van der Waals surface area contributed by atoms with Gasteiger partial charge in [0.2, 0.25) is 0 Å². The topological polar surface area (TPSA) is 35.5 Å². The van der Waals surface area contributed by atoms with Gasteiger partial charge in [-0.05, 0) is 13.0 Å². The molecule has 2 rings (SSSR count). The number of carbonyl (C=O) groups is 1. The number of rotatable bonds is 2. The summed E-state index contributed by atoms with van der Waals surface area (Å²) in [4.78, 5) is 11.2. The van der Waals surface area contributed by atoms with E-state index < -0.39 is 5.60 Å². The Kier molecular flexibility index (Phi) is 2.39. The van der Waals surface area contributed by atoms with Crippen LogP contribution in [-0.4, -0.2) is 13.1 Å². The maximum atomic E-state index is 11.2. The van der Waals surface area contributed by atoms with Crippen molar-refractivity contribution < 1.29 is 14.3 Å². The van der Waals surface area contributed by atoms with Gasteiger partial charge in [-0.1, -0.05) is 18.2 Å². The van der Waals surface area contributed by atoms with Crippen molar-refractivity contribution in [2.24, 2.45) is 0 Å². The van der Waals surface area contributed by atoms with Crippen molar-refractivity contribution in [1.29, 1.82) is 0 Å². The van der Waals surface area contributed by atoms with Gasteiger partial charge in [-0.15, -0.1) is 0 Å². The molecule has 80 valence electrons. The Hall–Kier alpha value is -1.51. The zero-order chi connectivity index (χ0) is 10.9. The molecule has 1 heterocycles. The van der Waals surface area contributed by atoms with E-state index in [1.807, 2.05) is 31.2 Å². The molecule has 0 saturated carbocycles. The van der Waals surface area contributed by atoms with E-state index in [9.17, 15) is 4.79 Å². The van der Waals surface area contributed by atoms with Crippen molar-refractivity contribution in [2.45, 2.75) is 25.4 Å². The van der Waals surface area contributed by atoms with Crippen LogP contribution in [0, 0.1) is 0 Å². The fourth-order valence-corrected chi connectivity index (χ4v) is 1.97. The lowest BCUT2D eigenvalue weighted by Crippen LogP contribution is -2.21. The van der Waals surface area contributed by atoms with Crippen LogP contribution >= 0.6 is 0 Å². The number of carbonyl (C=O) groups excluding carboxylic acids is 1. The van der Waals surface area contributed by atoms with Crippen LogP contribution in [0.3, 0.4) is 0 Å². The van der Waals surface area contributed by atoms with Gasteiger partial charge >= 0.3 is 5.97 Å². The maximum absolute atomic E-state index is 11.2. The van der Waals surface area contributed by atoms with Gasteiger partial charge in [-0.3, -0.25) is 4.79 Å². The van der Waals surface area contributed by atoms with Gasteiger partial charge in [0, 0.05) is 18.4 Å². The average molecular weight is 206 g/mol. The van der Waals surface area contributed by atoms with E-state index in [0.717, 1.165) is 11.3 Å². The lowest BCUT2D eigenvalue weighted by Gasteiger charge is -2.24. The summed E-state index contributed by atoms with van der Waals surface area (Å²) in [6, 6.07) is 7.65. The smallest absolute Gasteiger partial charge is 0.306 e. The SMILES string of the molecule is COc1ccccc1C1(C)CCC(=O)O1. The first kappa shape index (κ1) is 10.0. The highest BCUT2D eigenvalue weighted by Gasteiger charge is 2.39. The molecule has 1 aliphatic heterocycles. The molecule has 1 aromatic carbocycles. The van der Waals surface area contributed by atoms with E-state index in [-0.39, 0.29) is 5.97 Å². The number of para-hydroxylation sites is 1. The highest BCUT2D eigenvalue weighted by molar-refractivity contribution is 5.72. The summed E-state index contributed by atoms with van der Waals surface area (Å²) in [5, 5.41) is 0. The molecular weight excluding hydrogens is 192 g/mol. The number of cyclic esters (lactones) is 1. The first-order valence-electron chi connectivity index (χ1n) is 5.01. The van der Waals surface area contributed by atoms with Gasteiger partial charge < -0.3 is 9.47 Å². The zero-order valence-electron chi connectivity index (χ0n) is 8.95. The van der Waals surface area contributed by atoms with Crippen LogP contribution in [0.4, 0.5) is 0 Å². The molecule has 1 aliphatic rings. The van der Waals surface area contributed by atoms with Gasteiger partial charge in [-0.2, -0.15) is 0 Å². The molecule has 1 saturated heterocycles. The van der Waals surface area contributed by atoms with Crippen LogP contribution < -0.4 is 4.74 Å². The first-order chi connectivity index (χ1) is 7.15. The van der Waals surface area contributed by atoms with Crippen molar-refractivity contribution >= 4 is 5.97 Å². The number of benzene rings is 1. The van der Waals surface area contributed by atoms with Crippen molar-refractivity contribution in [2.75, 3.05) is 7.11 Å². The number of methoxy groups -OCH3 is 1. The summed E-state index contributed by atoms with van der Waals surface area (Å²) in [5.74, 6) is 0.637. The molecule has 1 atom stereocenters. The number of hydrogen-bond donors (Lipinski definition) is 0. The Labute approximate surface area is 89.0 Å². The second-order valence-corrected chi connectivity index (χ2v) is 3.91. The zero-order valence-corrected chi connectivity index (χ0v) is 8.95. The lowest BCUT2D eigenvalue weighted by atomic mass is 9.92. The van der Waals surface area contributed by atoms with Crippen molar-refractivity contribution in [3.8, 4) is 5.75 Å². The maximum Gasteiger partial charge on any atom is 0.306 e. The second-order valence-electron chi connectivity index (χ2n) is 3.91. The highest BCUT2D eigenvalue weighted by Crippen LogP contribution is 2.40. The molecule has 0 aromatic heterocycles. The molecule has 1 aromatic rings. The molecule has 0 N–H and O–H groups in total. The van der Waals surface area contributed by atoms with Crippen LogP contribution in [0.25, 0.3) is 0 Å². The Balaban J connectivity index is 2.40. The minimum absolute atomic E-state index is 0.136. The molecule has 3 nitrogen and oxygen atoms in total. The molecule has 3 heteroatoms. The summed E-state index contributed by atoms with van der Waals surface area (Å²) in [6.07, 6.45) is 1.20. The predicted molar refractivity (Wildman–Crippen MR) is 55.7 cm³/mol. The fourth-order valence-electron chi connectivity index (χ4n) is 1.97. The van der Waals surface area contributed by atoms with Crippen molar-refractivity contribution in [1.82, 2.24) is 0 Å². The largest absolute Gasteiger partial charge is 0.496 e. The summed E-state index contributed by atoms with van der Waals surface area (Å²) in [7, 11) is 1.62. The minimum Gasteiger partial charge on any atom is -0.496 e. The summed E-state index contributed by atoms with van der Waals surface area (Å²) in [5.41, 5.74) is 0.419. The van der Waals surface area contributed by atoms with Gasteiger partial charge in [-0.25, -0.2) is 0 Å². The van der Waals surface area contributed by atoms with E-state index in [0.29, 0.717) is 12.8 Å². The predicted octanol–water partition coefficient (Wildman–Crippen LogP) is 2.25. The Morgan fingerprint density at radius 2 is 2.13 bits per heavy atom. The van der Waals surface area contributed by atoms with Gasteiger partial charge in [0.25, 0.3) is 0 Å². The third-order valence-corrected chi connectivity index (χ3v) is 2.82. The van der Waals surface area contributed by atoms with Crippen molar-refractivity contribution in [3.05, 3.63) is 29.8 Å². The van der Waals surface area contributed by atoms with Crippen LogP contribution in [0.1, 0.15) is 25.3 Å². The summed E-state index contributed by atoms with van der Waals surface area (Å²) >= 11 is 0. The normalized spacial score (nSPS) is 25.1. The third-order valence-electron chi connectivity index (χ3n) is 2.82. The van der Waals surface area contributed by atoms with E-state index in [1.54, 1.807) is 7.11 Å². The third kappa shape index (κ3) is 1.69. The van der Waals surface area contributed by atoms with Gasteiger partial charge in [0.1, 0.15) is 11.4 Å². The van der Waals surface area contributed by atoms with E-state index in [2.05, 4.69) is 0 Å². The highest BCUT2D eigenvalue weighted by atomic mass is 16.6. The minimum atomic E-state index is -0.524. The van der Waals surface area contributed by atoms with E-state index in [4.69, 9.17) is 9.47 Å². The molecule has 0 spiro atoms. The summed E-state index contributed by atoms with van der Waals surface area (Å²) < 4.78 is 10.6. The fraction of sp³-hybridized carbons (Fsp3) is 0.417. The average Bonchev–Trinajstić information content (AvgIpc) is 2.60. The molecule has 0 bridgehead atoms. The molecule has 0 radical (unpaired) electrons. The Bertz CT molecular complexity index is 386. The summed E-state index contributed by atoms with van der Waals surface area (Å²) in [6.45, 7) is 1.93. The van der Waals surface area contributed by atoms with Crippen LogP contribution in [-0.2, 0) is 15.1 Å². The van der Waals surface area contributed by atoms with Crippen LogP contribution in [0.5, 0.6) is 5.75 Å². The molecule has 15 heavy (non-hydrogen) atoms. The Morgan fingerprint density at radius 1 is 1.40 bits per heavy atom. The molecular formula is C12H14O3. The lowest BCUT2D eigenvalue weighted by molar-refractivity contribution is -0.147. The van der Waals surface area contributed by atoms with Gasteiger partial charge in [0.15, 0.2) is 0 Å². The monoisotopic (exact) mass is 206 g/mol. The van der Waals surface area contributed by atoms with Gasteiger partial charge in [0.05, 0.1) is 7.11 Å². The second kappa shape index (κ2) is 3.57. The first-order valence-corrected chi connectivity index (χ1v) is 5.01. The molecule has 1 unspecified atom stereocenters.